The molecule has 1 aromatic carbocycles. The first-order chi connectivity index (χ1) is 9.22. The largest absolute Gasteiger partial charge is 0.447 e. The zero-order valence-electron chi connectivity index (χ0n) is 10.7. The summed E-state index contributed by atoms with van der Waals surface area (Å²) < 4.78 is 4.99. The lowest BCUT2D eigenvalue weighted by atomic mass is 10.1. The van der Waals surface area contributed by atoms with Gasteiger partial charge < -0.3 is 4.74 Å². The van der Waals surface area contributed by atoms with E-state index in [0.717, 1.165) is 5.56 Å². The molecular formula is C15H17NO3. The van der Waals surface area contributed by atoms with Crippen LogP contribution in [0.3, 0.4) is 0 Å². The van der Waals surface area contributed by atoms with Crippen molar-refractivity contribution in [3.05, 3.63) is 48.6 Å². The fraction of sp³-hybridized carbons (Fsp3) is 0.333. The highest BCUT2D eigenvalue weighted by molar-refractivity contribution is 5.93. The van der Waals surface area contributed by atoms with Gasteiger partial charge in [-0.05, 0) is 18.4 Å². The molecule has 1 aliphatic heterocycles. The molecule has 0 bridgehead atoms. The fourth-order valence-electron chi connectivity index (χ4n) is 2.15. The normalized spacial score (nSPS) is 18.2. The van der Waals surface area contributed by atoms with Gasteiger partial charge in [0.15, 0.2) is 0 Å². The Morgan fingerprint density at radius 2 is 2.16 bits per heavy atom. The third kappa shape index (κ3) is 3.22. The van der Waals surface area contributed by atoms with Gasteiger partial charge in [-0.2, -0.15) is 0 Å². The van der Waals surface area contributed by atoms with Crippen LogP contribution >= 0.6 is 0 Å². The molecule has 0 spiro atoms. The van der Waals surface area contributed by atoms with Crippen LogP contribution in [0.5, 0.6) is 0 Å². The second-order valence-electron chi connectivity index (χ2n) is 4.51. The summed E-state index contributed by atoms with van der Waals surface area (Å²) >= 11 is 0. The maximum atomic E-state index is 12.0. The topological polar surface area (TPSA) is 46.6 Å². The summed E-state index contributed by atoms with van der Waals surface area (Å²) in [5.74, 6) is -0.191. The minimum atomic E-state index is -0.532. The Morgan fingerprint density at radius 1 is 1.42 bits per heavy atom. The Labute approximate surface area is 112 Å². The predicted octanol–water partition coefficient (Wildman–Crippen LogP) is 2.54. The lowest BCUT2D eigenvalue weighted by Gasteiger charge is -2.19. The SMILES string of the molecule is C=CCCC(=O)N1C(=O)OCC1Cc1ccccc1. The molecule has 4 nitrogen and oxygen atoms in total. The summed E-state index contributed by atoms with van der Waals surface area (Å²) in [6, 6.07) is 9.58. The van der Waals surface area contributed by atoms with Gasteiger partial charge in [0.05, 0.1) is 6.04 Å². The lowest BCUT2D eigenvalue weighted by Crippen LogP contribution is -2.40. The number of nitrogens with zero attached hydrogens (tertiary/aromatic N) is 1. The second kappa shape index (κ2) is 6.18. The van der Waals surface area contributed by atoms with Gasteiger partial charge in [-0.1, -0.05) is 36.4 Å². The van der Waals surface area contributed by atoms with Crippen LogP contribution in [0.25, 0.3) is 0 Å². The van der Waals surface area contributed by atoms with Gasteiger partial charge in [-0.3, -0.25) is 4.79 Å². The van der Waals surface area contributed by atoms with Gasteiger partial charge in [0.1, 0.15) is 6.61 Å². The second-order valence-corrected chi connectivity index (χ2v) is 4.51. The van der Waals surface area contributed by atoms with Crippen LogP contribution in [-0.4, -0.2) is 29.5 Å². The highest BCUT2D eigenvalue weighted by atomic mass is 16.6. The average molecular weight is 259 g/mol. The molecule has 1 aromatic rings. The molecule has 2 amide bonds. The first-order valence-electron chi connectivity index (χ1n) is 6.36. The number of carbonyl (C=O) groups excluding carboxylic acids is 2. The van der Waals surface area contributed by atoms with Gasteiger partial charge in [0.25, 0.3) is 0 Å². The molecule has 1 aliphatic rings. The maximum absolute atomic E-state index is 12.0. The molecule has 2 rings (SSSR count). The van der Waals surface area contributed by atoms with E-state index in [9.17, 15) is 9.59 Å². The fourth-order valence-corrected chi connectivity index (χ4v) is 2.15. The van der Waals surface area contributed by atoms with E-state index in [-0.39, 0.29) is 18.6 Å². The van der Waals surface area contributed by atoms with Gasteiger partial charge >= 0.3 is 6.09 Å². The average Bonchev–Trinajstić information content (AvgIpc) is 2.78. The van der Waals surface area contributed by atoms with Crippen LogP contribution in [0.1, 0.15) is 18.4 Å². The molecule has 4 heteroatoms. The van der Waals surface area contributed by atoms with E-state index in [1.165, 1.54) is 4.90 Å². The van der Waals surface area contributed by atoms with Crippen molar-refractivity contribution >= 4 is 12.0 Å². The molecule has 0 aliphatic carbocycles. The van der Waals surface area contributed by atoms with Gasteiger partial charge in [0.2, 0.25) is 5.91 Å². The molecular weight excluding hydrogens is 242 g/mol. The number of rotatable bonds is 5. The van der Waals surface area contributed by atoms with Gasteiger partial charge in [-0.25, -0.2) is 9.69 Å². The van der Waals surface area contributed by atoms with Crippen LogP contribution in [0.15, 0.2) is 43.0 Å². The van der Waals surface area contributed by atoms with Gasteiger partial charge in [0, 0.05) is 6.42 Å². The van der Waals surface area contributed by atoms with E-state index in [1.54, 1.807) is 6.08 Å². The molecule has 1 saturated heterocycles. The summed E-state index contributed by atoms with van der Waals surface area (Å²) in [7, 11) is 0. The Bertz CT molecular complexity index is 470. The number of hydrogen-bond acceptors (Lipinski definition) is 3. The third-order valence-electron chi connectivity index (χ3n) is 3.11. The number of hydrogen-bond donors (Lipinski definition) is 0. The monoisotopic (exact) mass is 259 g/mol. The maximum Gasteiger partial charge on any atom is 0.416 e. The molecule has 1 atom stereocenters. The molecule has 1 heterocycles. The van der Waals surface area contributed by atoms with E-state index >= 15 is 0 Å². The number of imide groups is 1. The van der Waals surface area contributed by atoms with Crippen LogP contribution in [0.4, 0.5) is 4.79 Å². The van der Waals surface area contributed by atoms with Crippen molar-refractivity contribution in [2.24, 2.45) is 0 Å². The first-order valence-corrected chi connectivity index (χ1v) is 6.36. The Morgan fingerprint density at radius 3 is 2.84 bits per heavy atom. The molecule has 0 radical (unpaired) electrons. The summed E-state index contributed by atoms with van der Waals surface area (Å²) in [5, 5.41) is 0. The van der Waals surface area contributed by atoms with E-state index in [0.29, 0.717) is 19.3 Å². The first kappa shape index (κ1) is 13.3. The summed E-state index contributed by atoms with van der Waals surface area (Å²) in [5.41, 5.74) is 1.09. The summed E-state index contributed by atoms with van der Waals surface area (Å²) in [4.78, 5) is 24.9. The highest BCUT2D eigenvalue weighted by Gasteiger charge is 2.37. The van der Waals surface area contributed by atoms with Crippen molar-refractivity contribution in [1.82, 2.24) is 4.90 Å². The van der Waals surface area contributed by atoms with E-state index in [4.69, 9.17) is 4.74 Å². The van der Waals surface area contributed by atoms with Crippen LogP contribution in [0, 0.1) is 0 Å². The van der Waals surface area contributed by atoms with Crippen molar-refractivity contribution in [3.8, 4) is 0 Å². The highest BCUT2D eigenvalue weighted by Crippen LogP contribution is 2.18. The number of benzene rings is 1. The quantitative estimate of drug-likeness (QED) is 0.763. The molecule has 1 fully saturated rings. The van der Waals surface area contributed by atoms with Crippen molar-refractivity contribution < 1.29 is 14.3 Å². The Balaban J connectivity index is 2.05. The zero-order chi connectivity index (χ0) is 13.7. The van der Waals surface area contributed by atoms with Crippen molar-refractivity contribution in [1.29, 1.82) is 0 Å². The Hall–Kier alpha value is -2.10. The van der Waals surface area contributed by atoms with Crippen LogP contribution in [0.2, 0.25) is 0 Å². The molecule has 19 heavy (non-hydrogen) atoms. The molecule has 0 saturated carbocycles. The van der Waals surface area contributed by atoms with E-state index < -0.39 is 6.09 Å². The summed E-state index contributed by atoms with van der Waals surface area (Å²) in [6.45, 7) is 3.85. The number of amides is 2. The standard InChI is InChI=1S/C15H17NO3/c1-2-3-9-14(17)16-13(11-19-15(16)18)10-12-7-5-4-6-8-12/h2,4-8,13H,1,3,9-11H2. The number of ether oxygens (including phenoxy) is 1. The Kier molecular flexibility index (Phi) is 4.34. The van der Waals surface area contributed by atoms with Crippen molar-refractivity contribution in [2.45, 2.75) is 25.3 Å². The predicted molar refractivity (Wildman–Crippen MR) is 71.6 cm³/mol. The number of carbonyl (C=O) groups is 2. The van der Waals surface area contributed by atoms with Crippen LogP contribution < -0.4 is 0 Å². The lowest BCUT2D eigenvalue weighted by molar-refractivity contribution is -0.129. The molecule has 0 N–H and O–H groups in total. The minimum Gasteiger partial charge on any atom is -0.447 e. The van der Waals surface area contributed by atoms with Crippen molar-refractivity contribution in [3.63, 3.8) is 0 Å². The van der Waals surface area contributed by atoms with E-state index in [1.807, 2.05) is 30.3 Å². The zero-order valence-corrected chi connectivity index (χ0v) is 10.7. The molecule has 1 unspecified atom stereocenters. The molecule has 0 aromatic heterocycles. The van der Waals surface area contributed by atoms with Gasteiger partial charge in [-0.15, -0.1) is 6.58 Å². The third-order valence-corrected chi connectivity index (χ3v) is 3.11. The number of cyclic esters (lactones) is 1. The number of allylic oxidation sites excluding steroid dienone is 1. The van der Waals surface area contributed by atoms with Crippen molar-refractivity contribution in [2.75, 3.05) is 6.61 Å². The van der Waals surface area contributed by atoms with Crippen LogP contribution in [-0.2, 0) is 16.0 Å². The van der Waals surface area contributed by atoms with E-state index in [2.05, 4.69) is 6.58 Å². The summed E-state index contributed by atoms with van der Waals surface area (Å²) in [6.07, 6.45) is 2.64. The minimum absolute atomic E-state index is 0.191. The molecule has 100 valence electrons. The smallest absolute Gasteiger partial charge is 0.416 e.